The Morgan fingerprint density at radius 1 is 1.19 bits per heavy atom. The van der Waals surface area contributed by atoms with E-state index in [1.54, 1.807) is 37.3 Å². The normalized spacial score (nSPS) is 19.0. The molecule has 0 radical (unpaired) electrons. The minimum atomic E-state index is -4.55. The smallest absolute Gasteiger partial charge is 0.379 e. The molecule has 1 aromatic carbocycles. The van der Waals surface area contributed by atoms with E-state index in [0.29, 0.717) is 5.69 Å². The van der Waals surface area contributed by atoms with Gasteiger partial charge in [-0.3, -0.25) is 0 Å². The highest BCUT2D eigenvalue weighted by Gasteiger charge is 2.48. The van der Waals surface area contributed by atoms with Crippen LogP contribution in [0.25, 0.3) is 5.70 Å². The first-order chi connectivity index (χ1) is 14.9. The summed E-state index contributed by atoms with van der Waals surface area (Å²) in [5, 5.41) is 12.1. The summed E-state index contributed by atoms with van der Waals surface area (Å²) in [6, 6.07) is 5.31. The third-order valence-corrected chi connectivity index (χ3v) is 5.68. The second kappa shape index (κ2) is 8.30. The van der Waals surface area contributed by atoms with Crippen LogP contribution in [0.4, 0.5) is 18.9 Å². The first kappa shape index (κ1) is 20.7. The minimum absolute atomic E-state index is 0.0624. The number of benzene rings is 1. The highest BCUT2D eigenvalue weighted by atomic mass is 19.4. The third-order valence-electron chi connectivity index (χ3n) is 5.68. The van der Waals surface area contributed by atoms with Crippen molar-refractivity contribution >= 4 is 11.4 Å². The molecule has 5 rings (SSSR count). The predicted molar refractivity (Wildman–Crippen MR) is 110 cm³/mol. The number of nitrogens with one attached hydrogen (secondary N) is 2. The zero-order chi connectivity index (χ0) is 21.9. The first-order valence-corrected chi connectivity index (χ1v) is 9.92. The molecule has 2 aromatic heterocycles. The lowest BCUT2D eigenvalue weighted by Gasteiger charge is -2.30. The van der Waals surface area contributed by atoms with Gasteiger partial charge in [-0.15, -0.1) is 0 Å². The number of anilines is 1. The standard InChI is InChI=1S/C19H17F3N4.C3H4N2/c20-19(21,22)16-9-14(2-1-13(16)11-23)25-15-3-4-18(5-6-18)17(10-15)26-8-7-24-12-26;1-2-5-3-4-1/h1-2,7-10,12,15,25H,3-6H2;1-3H,(H,4,5). The molecule has 9 heteroatoms. The topological polar surface area (TPSA) is 82.3 Å². The Morgan fingerprint density at radius 2 is 2.03 bits per heavy atom. The number of H-pyrrole nitrogens is 1. The van der Waals surface area contributed by atoms with E-state index in [1.807, 2.05) is 10.8 Å². The average molecular weight is 426 g/mol. The number of imidazole rings is 2. The second-order valence-electron chi connectivity index (χ2n) is 7.72. The van der Waals surface area contributed by atoms with Crippen molar-refractivity contribution in [3.8, 4) is 6.07 Å². The zero-order valence-electron chi connectivity index (χ0n) is 16.6. The van der Waals surface area contributed by atoms with Crippen LogP contribution >= 0.6 is 0 Å². The van der Waals surface area contributed by atoms with Gasteiger partial charge in [-0.1, -0.05) is 0 Å². The Bertz CT molecular complexity index is 1060. The number of nitriles is 1. The molecule has 1 fully saturated rings. The van der Waals surface area contributed by atoms with Gasteiger partial charge >= 0.3 is 6.18 Å². The Hall–Kier alpha value is -3.54. The van der Waals surface area contributed by atoms with Crippen molar-refractivity contribution in [1.29, 1.82) is 5.26 Å². The van der Waals surface area contributed by atoms with Crippen LogP contribution in [0.5, 0.6) is 0 Å². The first-order valence-electron chi connectivity index (χ1n) is 9.92. The molecule has 160 valence electrons. The summed E-state index contributed by atoms with van der Waals surface area (Å²) in [6.07, 6.45) is 12.2. The fourth-order valence-corrected chi connectivity index (χ4v) is 3.94. The average Bonchev–Trinajstić information content (AvgIpc) is 3.19. The SMILES string of the molecule is N#Cc1ccc(NC2C=C(n3ccnc3)C3(CC2)CC3)cc1C(F)(F)F.c1c[nH]cn1. The molecule has 0 amide bonds. The maximum Gasteiger partial charge on any atom is 0.417 e. The number of aromatic amines is 1. The molecule has 0 saturated heterocycles. The highest BCUT2D eigenvalue weighted by Crippen LogP contribution is 2.59. The van der Waals surface area contributed by atoms with Crippen LogP contribution in [0.15, 0.2) is 61.7 Å². The summed E-state index contributed by atoms with van der Waals surface area (Å²) in [5.41, 5.74) is 0.468. The lowest BCUT2D eigenvalue weighted by atomic mass is 9.86. The number of allylic oxidation sites excluding steroid dienone is 1. The fourth-order valence-electron chi connectivity index (χ4n) is 3.94. The van der Waals surface area contributed by atoms with Crippen LogP contribution in [0, 0.1) is 16.7 Å². The zero-order valence-corrected chi connectivity index (χ0v) is 16.6. The van der Waals surface area contributed by atoms with Crippen LogP contribution in [0.3, 0.4) is 0 Å². The van der Waals surface area contributed by atoms with E-state index in [9.17, 15) is 13.2 Å². The van der Waals surface area contributed by atoms with Crippen LogP contribution in [0.1, 0.15) is 36.8 Å². The van der Waals surface area contributed by atoms with Gasteiger partial charge in [0.25, 0.3) is 0 Å². The summed E-state index contributed by atoms with van der Waals surface area (Å²) in [5.74, 6) is 0. The van der Waals surface area contributed by atoms with Crippen molar-refractivity contribution in [3.63, 3.8) is 0 Å². The quantitative estimate of drug-likeness (QED) is 0.612. The molecule has 1 atom stereocenters. The van der Waals surface area contributed by atoms with Crippen molar-refractivity contribution in [2.24, 2.45) is 5.41 Å². The van der Waals surface area contributed by atoms with Crippen LogP contribution in [-0.4, -0.2) is 25.6 Å². The molecular formula is C22H21F3N6. The molecule has 3 aromatic rings. The molecule has 0 bridgehead atoms. The molecule has 1 unspecified atom stereocenters. The number of aromatic nitrogens is 4. The van der Waals surface area contributed by atoms with Gasteiger partial charge < -0.3 is 14.9 Å². The van der Waals surface area contributed by atoms with Crippen molar-refractivity contribution in [2.75, 3.05) is 5.32 Å². The molecule has 2 aliphatic carbocycles. The molecule has 1 saturated carbocycles. The predicted octanol–water partition coefficient (Wildman–Crippen LogP) is 5.08. The Kier molecular flexibility index (Phi) is 5.55. The lowest BCUT2D eigenvalue weighted by Crippen LogP contribution is -2.26. The maximum absolute atomic E-state index is 13.2. The third kappa shape index (κ3) is 4.63. The summed E-state index contributed by atoms with van der Waals surface area (Å²) < 4.78 is 41.5. The van der Waals surface area contributed by atoms with Gasteiger partial charge in [0.2, 0.25) is 0 Å². The van der Waals surface area contributed by atoms with E-state index < -0.39 is 11.7 Å². The molecule has 0 aliphatic heterocycles. The Morgan fingerprint density at radius 3 is 2.58 bits per heavy atom. The van der Waals surface area contributed by atoms with Gasteiger partial charge in [-0.2, -0.15) is 18.4 Å². The molecule has 2 heterocycles. The van der Waals surface area contributed by atoms with Gasteiger partial charge in [-0.25, -0.2) is 9.97 Å². The van der Waals surface area contributed by atoms with E-state index in [0.717, 1.165) is 31.7 Å². The molecule has 2 N–H and O–H groups in total. The molecule has 6 nitrogen and oxygen atoms in total. The van der Waals surface area contributed by atoms with E-state index in [-0.39, 0.29) is 17.0 Å². The van der Waals surface area contributed by atoms with E-state index >= 15 is 0 Å². The van der Waals surface area contributed by atoms with E-state index in [4.69, 9.17) is 5.26 Å². The summed E-state index contributed by atoms with van der Waals surface area (Å²) in [6.45, 7) is 0. The van der Waals surface area contributed by atoms with Gasteiger partial charge in [0.05, 0.1) is 29.9 Å². The van der Waals surface area contributed by atoms with Gasteiger partial charge in [0.15, 0.2) is 0 Å². The lowest BCUT2D eigenvalue weighted by molar-refractivity contribution is -0.137. The molecule has 1 spiro atoms. The number of rotatable bonds is 3. The van der Waals surface area contributed by atoms with Crippen molar-refractivity contribution in [2.45, 2.75) is 37.9 Å². The number of nitrogens with zero attached hydrogens (tertiary/aromatic N) is 4. The van der Waals surface area contributed by atoms with Gasteiger partial charge in [0, 0.05) is 47.6 Å². The monoisotopic (exact) mass is 426 g/mol. The molecule has 31 heavy (non-hydrogen) atoms. The Labute approximate surface area is 177 Å². The summed E-state index contributed by atoms with van der Waals surface area (Å²) >= 11 is 0. The number of hydrogen-bond donors (Lipinski definition) is 2. The second-order valence-corrected chi connectivity index (χ2v) is 7.72. The van der Waals surface area contributed by atoms with Gasteiger partial charge in [-0.05, 0) is 50.0 Å². The molecule has 2 aliphatic rings. The summed E-state index contributed by atoms with van der Waals surface area (Å²) in [4.78, 5) is 10.5. The van der Waals surface area contributed by atoms with Crippen LogP contribution < -0.4 is 5.32 Å². The van der Waals surface area contributed by atoms with Crippen molar-refractivity contribution in [1.82, 2.24) is 19.5 Å². The number of hydrogen-bond acceptors (Lipinski definition) is 4. The van der Waals surface area contributed by atoms with E-state index in [2.05, 4.69) is 26.3 Å². The van der Waals surface area contributed by atoms with Crippen LogP contribution in [0.2, 0.25) is 0 Å². The number of alkyl halides is 3. The molecular weight excluding hydrogens is 405 g/mol. The van der Waals surface area contributed by atoms with Crippen LogP contribution in [-0.2, 0) is 6.18 Å². The maximum atomic E-state index is 13.2. The number of halogens is 3. The largest absolute Gasteiger partial charge is 0.417 e. The van der Waals surface area contributed by atoms with Crippen molar-refractivity contribution in [3.05, 3.63) is 72.8 Å². The Balaban J connectivity index is 0.000000407. The summed E-state index contributed by atoms with van der Waals surface area (Å²) in [7, 11) is 0. The van der Waals surface area contributed by atoms with E-state index in [1.165, 1.54) is 17.8 Å². The van der Waals surface area contributed by atoms with Crippen molar-refractivity contribution < 1.29 is 13.2 Å². The van der Waals surface area contributed by atoms with Gasteiger partial charge in [0.1, 0.15) is 0 Å². The fraction of sp³-hybridized carbons (Fsp3) is 0.318. The highest BCUT2D eigenvalue weighted by molar-refractivity contribution is 5.61. The minimum Gasteiger partial charge on any atom is -0.379 e.